The number of carbonyl (C=O) groups excluding carboxylic acids is 1. The van der Waals surface area contributed by atoms with Crippen LogP contribution < -0.4 is 8.61 Å². The Morgan fingerprint density at radius 1 is 1.13 bits per heavy atom. The Balaban J connectivity index is 1.31. The number of amides is 1. The Labute approximate surface area is 174 Å². The average Bonchev–Trinajstić information content (AvgIpc) is 3.48. The van der Waals surface area contributed by atoms with Crippen molar-refractivity contribution < 1.29 is 17.6 Å². The lowest BCUT2D eigenvalue weighted by molar-refractivity contribution is 0.0710. The zero-order valence-corrected chi connectivity index (χ0v) is 17.2. The first-order valence-electron chi connectivity index (χ1n) is 9.72. The van der Waals surface area contributed by atoms with E-state index in [9.17, 15) is 13.2 Å². The fourth-order valence-corrected chi connectivity index (χ4v) is 5.79. The molecular formula is C20H21N5O4S. The molecule has 2 aliphatic rings. The molecule has 1 saturated heterocycles. The Morgan fingerprint density at radius 2 is 1.87 bits per heavy atom. The number of likely N-dealkylation sites (tertiary alicyclic amines) is 1. The monoisotopic (exact) mass is 427 g/mol. The summed E-state index contributed by atoms with van der Waals surface area (Å²) in [6, 6.07) is 12.3. The number of piperidine rings is 1. The number of carbonyl (C=O) groups is 1. The van der Waals surface area contributed by atoms with Crippen molar-refractivity contribution in [1.82, 2.24) is 15.1 Å². The lowest BCUT2D eigenvalue weighted by Gasteiger charge is -2.36. The Hall–Kier alpha value is -3.27. The standard InChI is InChI=1S/C20H21N5O4S/c1-23-17-5-2-3-6-18(17)25(30(23,27)28)14-8-10-24(11-9-14)20(26)16-13-15(21-22-16)19-7-4-12-29-19/h2-7,12-14H,8-11H2,1H3,(H,21,22). The van der Waals surface area contributed by atoms with E-state index in [2.05, 4.69) is 10.2 Å². The molecule has 30 heavy (non-hydrogen) atoms. The molecule has 1 N–H and O–H groups in total. The molecule has 2 aromatic heterocycles. The van der Waals surface area contributed by atoms with Crippen molar-refractivity contribution in [2.75, 3.05) is 28.7 Å². The summed E-state index contributed by atoms with van der Waals surface area (Å²) in [6.45, 7) is 0.925. The van der Waals surface area contributed by atoms with Crippen LogP contribution in [0.2, 0.25) is 0 Å². The number of aromatic amines is 1. The van der Waals surface area contributed by atoms with Gasteiger partial charge in [0, 0.05) is 26.2 Å². The second-order valence-electron chi connectivity index (χ2n) is 7.43. The van der Waals surface area contributed by atoms with Crippen molar-refractivity contribution in [3.63, 3.8) is 0 Å². The van der Waals surface area contributed by atoms with Crippen LogP contribution in [0.3, 0.4) is 0 Å². The summed E-state index contributed by atoms with van der Waals surface area (Å²) >= 11 is 0. The largest absolute Gasteiger partial charge is 0.463 e. The highest BCUT2D eigenvalue weighted by Crippen LogP contribution is 2.42. The van der Waals surface area contributed by atoms with E-state index in [-0.39, 0.29) is 11.9 Å². The van der Waals surface area contributed by atoms with Crippen LogP contribution in [0.1, 0.15) is 23.3 Å². The molecule has 0 atom stereocenters. The SMILES string of the molecule is CN1c2ccccc2N(C2CCN(C(=O)c3cc(-c4ccco4)[nH]n3)CC2)S1(=O)=O. The van der Waals surface area contributed by atoms with Gasteiger partial charge >= 0.3 is 10.2 Å². The molecular weight excluding hydrogens is 406 g/mol. The van der Waals surface area contributed by atoms with E-state index >= 15 is 0 Å². The first-order valence-corrected chi connectivity index (χ1v) is 11.1. The van der Waals surface area contributed by atoms with Crippen LogP contribution >= 0.6 is 0 Å². The van der Waals surface area contributed by atoms with Gasteiger partial charge in [0.25, 0.3) is 5.91 Å². The third kappa shape index (κ3) is 2.86. The van der Waals surface area contributed by atoms with E-state index in [1.807, 2.05) is 18.2 Å². The number of aromatic nitrogens is 2. The third-order valence-electron chi connectivity index (χ3n) is 5.72. The summed E-state index contributed by atoms with van der Waals surface area (Å²) in [7, 11) is -2.03. The van der Waals surface area contributed by atoms with Gasteiger partial charge in [-0.2, -0.15) is 13.5 Å². The topological polar surface area (TPSA) is 103 Å². The van der Waals surface area contributed by atoms with Gasteiger partial charge in [-0.05, 0) is 37.1 Å². The number of nitrogens with one attached hydrogen (secondary N) is 1. The minimum atomic E-state index is -3.60. The zero-order valence-electron chi connectivity index (χ0n) is 16.4. The lowest BCUT2D eigenvalue weighted by atomic mass is 10.0. The summed E-state index contributed by atoms with van der Waals surface area (Å²) < 4.78 is 34.0. The molecule has 0 radical (unpaired) electrons. The second-order valence-corrected chi connectivity index (χ2v) is 9.26. The van der Waals surface area contributed by atoms with Crippen LogP contribution in [0.5, 0.6) is 0 Å². The van der Waals surface area contributed by atoms with Crippen molar-refractivity contribution >= 4 is 27.5 Å². The zero-order chi connectivity index (χ0) is 20.9. The van der Waals surface area contributed by atoms with Crippen molar-refractivity contribution in [1.29, 1.82) is 0 Å². The van der Waals surface area contributed by atoms with Gasteiger partial charge < -0.3 is 9.32 Å². The summed E-state index contributed by atoms with van der Waals surface area (Å²) in [6.07, 6.45) is 2.68. The van der Waals surface area contributed by atoms with E-state index < -0.39 is 10.2 Å². The van der Waals surface area contributed by atoms with Crippen molar-refractivity contribution in [2.24, 2.45) is 0 Å². The molecule has 0 bridgehead atoms. The molecule has 10 heteroatoms. The van der Waals surface area contributed by atoms with E-state index in [4.69, 9.17) is 4.42 Å². The third-order valence-corrected chi connectivity index (χ3v) is 7.60. The number of nitrogens with zero attached hydrogens (tertiary/aromatic N) is 4. The molecule has 1 aromatic carbocycles. The first kappa shape index (κ1) is 18.7. The maximum atomic E-state index is 12.9. The quantitative estimate of drug-likeness (QED) is 0.692. The fraction of sp³-hybridized carbons (Fsp3) is 0.300. The van der Waals surface area contributed by atoms with Crippen LogP contribution in [0.4, 0.5) is 11.4 Å². The molecule has 0 unspecified atom stereocenters. The maximum Gasteiger partial charge on any atom is 0.326 e. The van der Waals surface area contributed by atoms with Gasteiger partial charge in [0.15, 0.2) is 11.5 Å². The number of rotatable bonds is 3. The molecule has 156 valence electrons. The van der Waals surface area contributed by atoms with Crippen LogP contribution in [-0.2, 0) is 10.2 Å². The number of hydrogen-bond donors (Lipinski definition) is 1. The molecule has 2 aliphatic heterocycles. The second kappa shape index (κ2) is 6.91. The molecule has 0 aliphatic carbocycles. The summed E-state index contributed by atoms with van der Waals surface area (Å²) in [4.78, 5) is 14.6. The molecule has 1 amide bonds. The number of fused-ring (bicyclic) bond motifs is 1. The van der Waals surface area contributed by atoms with Crippen LogP contribution in [-0.4, -0.2) is 55.6 Å². The Kier molecular flexibility index (Phi) is 4.31. The van der Waals surface area contributed by atoms with Gasteiger partial charge in [0.1, 0.15) is 5.69 Å². The highest BCUT2D eigenvalue weighted by atomic mass is 32.2. The van der Waals surface area contributed by atoms with Crippen molar-refractivity contribution in [2.45, 2.75) is 18.9 Å². The minimum Gasteiger partial charge on any atom is -0.463 e. The predicted molar refractivity (Wildman–Crippen MR) is 111 cm³/mol. The number of para-hydroxylation sites is 2. The minimum absolute atomic E-state index is 0.177. The molecule has 0 saturated carbocycles. The number of H-pyrrole nitrogens is 1. The smallest absolute Gasteiger partial charge is 0.326 e. The average molecular weight is 427 g/mol. The van der Waals surface area contributed by atoms with E-state index in [1.54, 1.807) is 42.5 Å². The molecule has 5 rings (SSSR count). The van der Waals surface area contributed by atoms with E-state index in [0.29, 0.717) is 54.5 Å². The normalized spacial score (nSPS) is 18.6. The van der Waals surface area contributed by atoms with Gasteiger partial charge in [0.2, 0.25) is 0 Å². The molecule has 4 heterocycles. The fourth-order valence-electron chi connectivity index (χ4n) is 4.14. The summed E-state index contributed by atoms with van der Waals surface area (Å²) in [5.74, 6) is 0.437. The van der Waals surface area contributed by atoms with Crippen molar-refractivity contribution in [3.8, 4) is 11.5 Å². The number of hydrogen-bond acceptors (Lipinski definition) is 5. The van der Waals surface area contributed by atoms with Crippen molar-refractivity contribution in [3.05, 3.63) is 54.4 Å². The summed E-state index contributed by atoms with van der Waals surface area (Å²) in [5.41, 5.74) is 2.33. The van der Waals surface area contributed by atoms with Gasteiger partial charge in [0.05, 0.1) is 23.7 Å². The van der Waals surface area contributed by atoms with E-state index in [0.717, 1.165) is 0 Å². The molecule has 0 spiro atoms. The van der Waals surface area contributed by atoms with Crippen LogP contribution in [0, 0.1) is 0 Å². The van der Waals surface area contributed by atoms with Crippen LogP contribution in [0.25, 0.3) is 11.5 Å². The Morgan fingerprint density at radius 3 is 2.57 bits per heavy atom. The molecule has 3 aromatic rings. The molecule has 9 nitrogen and oxygen atoms in total. The lowest BCUT2D eigenvalue weighted by Crippen LogP contribution is -2.49. The summed E-state index contributed by atoms with van der Waals surface area (Å²) in [5, 5.41) is 6.94. The highest BCUT2D eigenvalue weighted by molar-refractivity contribution is 7.94. The first-order chi connectivity index (χ1) is 14.5. The van der Waals surface area contributed by atoms with Gasteiger partial charge in [-0.15, -0.1) is 0 Å². The van der Waals surface area contributed by atoms with Crippen LogP contribution in [0.15, 0.2) is 53.1 Å². The predicted octanol–water partition coefficient (Wildman–Crippen LogP) is 2.48. The number of anilines is 2. The number of furan rings is 1. The molecule has 1 fully saturated rings. The van der Waals surface area contributed by atoms with Gasteiger partial charge in [-0.25, -0.2) is 4.31 Å². The van der Waals surface area contributed by atoms with Gasteiger partial charge in [-0.1, -0.05) is 12.1 Å². The maximum absolute atomic E-state index is 12.9. The number of benzene rings is 1. The highest BCUT2D eigenvalue weighted by Gasteiger charge is 2.43. The van der Waals surface area contributed by atoms with Gasteiger partial charge in [-0.3, -0.25) is 14.2 Å². The van der Waals surface area contributed by atoms with E-state index in [1.165, 1.54) is 8.61 Å². The Bertz CT molecular complexity index is 1180.